The van der Waals surface area contributed by atoms with Crippen molar-refractivity contribution in [2.75, 3.05) is 20.8 Å². The molecule has 0 saturated heterocycles. The summed E-state index contributed by atoms with van der Waals surface area (Å²) in [4.78, 5) is 43.0. The molecule has 12 heteroatoms. The predicted molar refractivity (Wildman–Crippen MR) is 151 cm³/mol. The third-order valence-corrected chi connectivity index (χ3v) is 7.48. The summed E-state index contributed by atoms with van der Waals surface area (Å²) in [6.45, 7) is 3.58. The van der Waals surface area contributed by atoms with Crippen molar-refractivity contribution in [3.63, 3.8) is 0 Å². The van der Waals surface area contributed by atoms with E-state index in [9.17, 15) is 19.7 Å². The van der Waals surface area contributed by atoms with Crippen LogP contribution in [0.1, 0.15) is 31.2 Å². The maximum Gasteiger partial charge on any atom is 0.338 e. The maximum atomic E-state index is 13.8. The van der Waals surface area contributed by atoms with Gasteiger partial charge in [-0.1, -0.05) is 23.5 Å². The normalized spacial score (nSPS) is 14.8. The molecule has 0 amide bonds. The van der Waals surface area contributed by atoms with Gasteiger partial charge in [0, 0.05) is 6.08 Å². The molecule has 3 heterocycles. The van der Waals surface area contributed by atoms with Crippen molar-refractivity contribution in [2.24, 2.45) is 4.99 Å². The molecule has 0 N–H and O–H groups in total. The predicted octanol–water partition coefficient (Wildman–Crippen LogP) is 3.98. The molecule has 41 heavy (non-hydrogen) atoms. The average Bonchev–Trinajstić information content (AvgIpc) is 3.56. The van der Waals surface area contributed by atoms with Crippen LogP contribution < -0.4 is 24.4 Å². The number of carbonyl (C=O) groups is 1. The van der Waals surface area contributed by atoms with Gasteiger partial charge in [-0.3, -0.25) is 19.5 Å². The minimum atomic E-state index is -0.795. The minimum absolute atomic E-state index is 0.165. The first-order valence-electron chi connectivity index (χ1n) is 12.5. The molecule has 1 atom stereocenters. The summed E-state index contributed by atoms with van der Waals surface area (Å²) in [5.74, 6) is 0.921. The number of ether oxygens (including phenoxy) is 3. The topological polar surface area (TPSA) is 135 Å². The molecule has 210 valence electrons. The molecule has 0 spiro atoms. The Morgan fingerprint density at radius 1 is 1.15 bits per heavy atom. The zero-order valence-corrected chi connectivity index (χ0v) is 23.4. The van der Waals surface area contributed by atoms with Crippen LogP contribution in [0.2, 0.25) is 0 Å². The Kier molecular flexibility index (Phi) is 7.58. The van der Waals surface area contributed by atoms with E-state index in [1.54, 1.807) is 62.4 Å². The summed E-state index contributed by atoms with van der Waals surface area (Å²) in [7, 11) is 2.96. The zero-order chi connectivity index (χ0) is 29.3. The van der Waals surface area contributed by atoms with Crippen LogP contribution in [0.4, 0.5) is 5.69 Å². The number of rotatable bonds is 8. The second-order valence-corrected chi connectivity index (χ2v) is 9.93. The summed E-state index contributed by atoms with van der Waals surface area (Å²) in [6.07, 6.45) is 1.55. The zero-order valence-electron chi connectivity index (χ0n) is 22.6. The number of hydrogen-bond acceptors (Lipinski definition) is 10. The lowest BCUT2D eigenvalue weighted by molar-refractivity contribution is -0.384. The van der Waals surface area contributed by atoms with E-state index in [0.29, 0.717) is 37.9 Å². The van der Waals surface area contributed by atoms with Gasteiger partial charge < -0.3 is 18.6 Å². The number of thiazole rings is 1. The van der Waals surface area contributed by atoms with Gasteiger partial charge in [0.15, 0.2) is 4.80 Å². The Bertz CT molecular complexity index is 1880. The van der Waals surface area contributed by atoms with Gasteiger partial charge in [-0.25, -0.2) is 9.79 Å². The van der Waals surface area contributed by atoms with E-state index in [4.69, 9.17) is 18.6 Å². The lowest BCUT2D eigenvalue weighted by Gasteiger charge is -2.24. The second kappa shape index (κ2) is 11.3. The number of furan rings is 1. The van der Waals surface area contributed by atoms with Gasteiger partial charge in [0.2, 0.25) is 0 Å². The first kappa shape index (κ1) is 27.6. The molecule has 0 bridgehead atoms. The monoisotopic (exact) mass is 575 g/mol. The number of nitro benzene ring substituents is 1. The van der Waals surface area contributed by atoms with Crippen molar-refractivity contribution in [1.82, 2.24) is 4.57 Å². The van der Waals surface area contributed by atoms with Crippen molar-refractivity contribution < 1.29 is 28.3 Å². The number of esters is 1. The molecule has 5 rings (SSSR count). The molecule has 1 aliphatic heterocycles. The average molecular weight is 576 g/mol. The van der Waals surface area contributed by atoms with Gasteiger partial charge in [0.25, 0.3) is 11.2 Å². The number of carbonyl (C=O) groups excluding carboxylic acids is 1. The van der Waals surface area contributed by atoms with Crippen LogP contribution in [0.25, 0.3) is 17.4 Å². The number of benzene rings is 2. The van der Waals surface area contributed by atoms with E-state index in [1.807, 2.05) is 6.07 Å². The summed E-state index contributed by atoms with van der Waals surface area (Å²) < 4.78 is 23.5. The molecule has 0 radical (unpaired) electrons. The highest BCUT2D eigenvalue weighted by Gasteiger charge is 2.33. The van der Waals surface area contributed by atoms with Crippen LogP contribution in [-0.4, -0.2) is 36.3 Å². The fraction of sp³-hybridized carbons (Fsp3) is 0.207. The standard InChI is InChI=1S/C29H25N3O8S/c1-5-39-28(34)25-16(2)30-29-31(26(25)17-7-6-8-18(13-17)37-3)27(33)24(41-29)15-20-10-12-23(40-20)21-11-9-19(38-4)14-22(21)32(35)36/h6-15,26H,5H2,1-4H3/b24-15-/t26-/m0/s1. The number of fused-ring (bicyclic) bond motifs is 1. The third kappa shape index (κ3) is 5.16. The summed E-state index contributed by atoms with van der Waals surface area (Å²) in [5.41, 5.74) is 1.06. The van der Waals surface area contributed by atoms with Crippen LogP contribution in [0.15, 0.2) is 80.1 Å². The highest BCUT2D eigenvalue weighted by Crippen LogP contribution is 2.35. The fourth-order valence-electron chi connectivity index (χ4n) is 4.62. The van der Waals surface area contributed by atoms with Gasteiger partial charge in [-0.05, 0) is 55.8 Å². The van der Waals surface area contributed by atoms with Crippen LogP contribution >= 0.6 is 11.3 Å². The molecule has 1 aliphatic rings. The third-order valence-electron chi connectivity index (χ3n) is 6.49. The van der Waals surface area contributed by atoms with Crippen molar-refractivity contribution >= 4 is 29.1 Å². The van der Waals surface area contributed by atoms with Crippen molar-refractivity contribution in [3.05, 3.63) is 107 Å². The molecule has 0 saturated carbocycles. The number of hydrogen-bond donors (Lipinski definition) is 0. The van der Waals surface area contributed by atoms with E-state index in [1.165, 1.54) is 24.9 Å². The number of aromatic nitrogens is 1. The lowest BCUT2D eigenvalue weighted by atomic mass is 9.95. The maximum absolute atomic E-state index is 13.8. The minimum Gasteiger partial charge on any atom is -0.497 e. The Morgan fingerprint density at radius 3 is 2.61 bits per heavy atom. The molecule has 0 fully saturated rings. The van der Waals surface area contributed by atoms with Crippen LogP contribution in [0, 0.1) is 10.1 Å². The number of nitrogens with zero attached hydrogens (tertiary/aromatic N) is 3. The van der Waals surface area contributed by atoms with Crippen LogP contribution in [-0.2, 0) is 9.53 Å². The molecule has 2 aromatic heterocycles. The van der Waals surface area contributed by atoms with Crippen molar-refractivity contribution in [3.8, 4) is 22.8 Å². The molecular formula is C29H25N3O8S. The Balaban J connectivity index is 1.63. The van der Waals surface area contributed by atoms with E-state index in [-0.39, 0.29) is 34.8 Å². The van der Waals surface area contributed by atoms with Gasteiger partial charge in [-0.15, -0.1) is 0 Å². The van der Waals surface area contributed by atoms with Crippen molar-refractivity contribution in [2.45, 2.75) is 19.9 Å². The summed E-state index contributed by atoms with van der Waals surface area (Å²) >= 11 is 1.14. The summed E-state index contributed by atoms with van der Waals surface area (Å²) in [5, 5.41) is 11.7. The van der Waals surface area contributed by atoms with E-state index in [2.05, 4.69) is 4.99 Å². The van der Waals surface area contributed by atoms with Gasteiger partial charge in [-0.2, -0.15) is 0 Å². The van der Waals surface area contributed by atoms with Crippen molar-refractivity contribution in [1.29, 1.82) is 0 Å². The van der Waals surface area contributed by atoms with E-state index >= 15 is 0 Å². The highest BCUT2D eigenvalue weighted by molar-refractivity contribution is 7.07. The molecular weight excluding hydrogens is 550 g/mol. The Labute approximate surface area is 237 Å². The Morgan fingerprint density at radius 2 is 1.90 bits per heavy atom. The van der Waals surface area contributed by atoms with Crippen LogP contribution in [0.3, 0.4) is 0 Å². The second-order valence-electron chi connectivity index (χ2n) is 8.92. The SMILES string of the molecule is CCOC(=O)C1=C(C)N=c2s/c(=C\c3ccc(-c4ccc(OC)cc4[N+](=O)[O-])o3)c(=O)n2[C@H]1c1cccc(OC)c1. The first-order chi connectivity index (χ1) is 19.7. The Hall–Kier alpha value is -4.97. The highest BCUT2D eigenvalue weighted by atomic mass is 32.1. The van der Waals surface area contributed by atoms with Gasteiger partial charge in [0.05, 0.1) is 59.2 Å². The molecule has 2 aromatic carbocycles. The molecule has 0 aliphatic carbocycles. The van der Waals surface area contributed by atoms with Gasteiger partial charge in [0.1, 0.15) is 23.0 Å². The van der Waals surface area contributed by atoms with Gasteiger partial charge >= 0.3 is 5.97 Å². The molecule has 11 nitrogen and oxygen atoms in total. The number of methoxy groups -OCH3 is 2. The lowest BCUT2D eigenvalue weighted by Crippen LogP contribution is -2.39. The number of nitro groups is 1. The smallest absolute Gasteiger partial charge is 0.338 e. The van der Waals surface area contributed by atoms with Crippen LogP contribution in [0.5, 0.6) is 11.5 Å². The van der Waals surface area contributed by atoms with E-state index in [0.717, 1.165) is 11.3 Å². The molecule has 4 aromatic rings. The fourth-order valence-corrected chi connectivity index (χ4v) is 5.65. The largest absolute Gasteiger partial charge is 0.497 e. The summed E-state index contributed by atoms with van der Waals surface area (Å²) in [6, 6.07) is 14.0. The number of allylic oxidation sites excluding steroid dienone is 1. The van der Waals surface area contributed by atoms with E-state index < -0.39 is 16.9 Å². The first-order valence-corrected chi connectivity index (χ1v) is 13.3. The molecule has 0 unspecified atom stereocenters. The quantitative estimate of drug-likeness (QED) is 0.175.